The zero-order chi connectivity index (χ0) is 13.1. The van der Waals surface area contributed by atoms with Crippen molar-refractivity contribution in [3.63, 3.8) is 0 Å². The molecule has 1 unspecified atom stereocenters. The van der Waals surface area contributed by atoms with Crippen LogP contribution in [0.25, 0.3) is 5.69 Å². The van der Waals surface area contributed by atoms with Crippen molar-refractivity contribution in [1.29, 1.82) is 0 Å². The number of para-hydroxylation sites is 1. The molecule has 0 saturated heterocycles. The Balaban J connectivity index is 2.03. The van der Waals surface area contributed by atoms with Gasteiger partial charge in [0.2, 0.25) is 0 Å². The Kier molecular flexibility index (Phi) is 2.09. The second-order valence-corrected chi connectivity index (χ2v) is 5.79. The van der Waals surface area contributed by atoms with E-state index in [4.69, 9.17) is 0 Å². The van der Waals surface area contributed by atoms with E-state index in [2.05, 4.69) is 15.9 Å². The molecular weight excluding hydrogens is 310 g/mol. The Labute approximate surface area is 116 Å². The molecule has 0 amide bonds. The SMILES string of the molecule is O=c1n(-c2ccccc2)c(=O)n2n1[C@@H]1C=C[C@H]2C1Br. The van der Waals surface area contributed by atoms with Gasteiger partial charge in [-0.25, -0.2) is 23.5 Å². The van der Waals surface area contributed by atoms with E-state index in [1.165, 1.54) is 4.57 Å². The highest BCUT2D eigenvalue weighted by molar-refractivity contribution is 9.09. The predicted molar refractivity (Wildman–Crippen MR) is 74.2 cm³/mol. The third-order valence-electron chi connectivity index (χ3n) is 3.74. The van der Waals surface area contributed by atoms with Gasteiger partial charge in [0.25, 0.3) is 0 Å². The average Bonchev–Trinajstić information content (AvgIpc) is 3.01. The molecule has 3 atom stereocenters. The Morgan fingerprint density at radius 2 is 1.42 bits per heavy atom. The average molecular weight is 320 g/mol. The number of aromatic nitrogens is 3. The summed E-state index contributed by atoms with van der Waals surface area (Å²) in [4.78, 5) is 25.0. The number of nitrogens with zero attached hydrogens (tertiary/aromatic N) is 3. The van der Waals surface area contributed by atoms with Crippen molar-refractivity contribution >= 4 is 15.9 Å². The highest BCUT2D eigenvalue weighted by Crippen LogP contribution is 2.41. The van der Waals surface area contributed by atoms with Gasteiger partial charge in [-0.1, -0.05) is 46.3 Å². The highest BCUT2D eigenvalue weighted by Gasteiger charge is 2.44. The highest BCUT2D eigenvalue weighted by atomic mass is 79.9. The van der Waals surface area contributed by atoms with E-state index < -0.39 is 0 Å². The smallest absolute Gasteiger partial charge is 0.245 e. The second-order valence-electron chi connectivity index (χ2n) is 4.74. The topological polar surface area (TPSA) is 48.9 Å². The quantitative estimate of drug-likeness (QED) is 0.586. The molecule has 2 heterocycles. The van der Waals surface area contributed by atoms with Crippen molar-refractivity contribution in [2.45, 2.75) is 16.9 Å². The van der Waals surface area contributed by atoms with Crippen molar-refractivity contribution in [2.24, 2.45) is 0 Å². The molecule has 5 nitrogen and oxygen atoms in total. The van der Waals surface area contributed by atoms with Crippen molar-refractivity contribution in [1.82, 2.24) is 13.9 Å². The molecule has 2 aromatic rings. The Hall–Kier alpha value is -1.82. The Morgan fingerprint density at radius 3 is 1.95 bits per heavy atom. The molecule has 2 bridgehead atoms. The van der Waals surface area contributed by atoms with Crippen molar-refractivity contribution < 1.29 is 0 Å². The minimum atomic E-state index is -0.280. The van der Waals surface area contributed by atoms with E-state index in [9.17, 15) is 9.59 Å². The van der Waals surface area contributed by atoms with Crippen LogP contribution in [0.1, 0.15) is 12.1 Å². The van der Waals surface area contributed by atoms with Crippen LogP contribution in [0, 0.1) is 0 Å². The van der Waals surface area contributed by atoms with Gasteiger partial charge in [-0.15, -0.1) is 0 Å². The molecule has 19 heavy (non-hydrogen) atoms. The predicted octanol–water partition coefficient (Wildman–Crippen LogP) is 1.23. The van der Waals surface area contributed by atoms with Gasteiger partial charge in [0.15, 0.2) is 0 Å². The first-order valence-electron chi connectivity index (χ1n) is 6.04. The van der Waals surface area contributed by atoms with E-state index in [1.54, 1.807) is 21.5 Å². The maximum Gasteiger partial charge on any atom is 0.352 e. The molecule has 2 aliphatic rings. The fourth-order valence-electron chi connectivity index (χ4n) is 2.89. The van der Waals surface area contributed by atoms with Crippen LogP contribution < -0.4 is 11.4 Å². The number of halogens is 1. The first kappa shape index (κ1) is 11.0. The molecule has 0 spiro atoms. The van der Waals surface area contributed by atoms with Crippen molar-refractivity contribution in [3.05, 3.63) is 63.5 Å². The standard InChI is InChI=1S/C13H10BrN3O2/c14-11-9-6-7-10(11)17-13(19)15(12(18)16(9)17)8-4-2-1-3-5-8/h1-7,9-11H/t9-,10+,11?. The van der Waals surface area contributed by atoms with Crippen LogP contribution in [0.3, 0.4) is 0 Å². The zero-order valence-electron chi connectivity index (χ0n) is 9.81. The van der Waals surface area contributed by atoms with Crippen LogP contribution in [0.4, 0.5) is 0 Å². The zero-order valence-corrected chi connectivity index (χ0v) is 11.4. The first-order valence-corrected chi connectivity index (χ1v) is 6.95. The van der Waals surface area contributed by atoms with Gasteiger partial charge >= 0.3 is 11.4 Å². The maximum atomic E-state index is 12.5. The van der Waals surface area contributed by atoms with E-state index in [-0.39, 0.29) is 28.3 Å². The van der Waals surface area contributed by atoms with Gasteiger partial charge in [-0.3, -0.25) is 0 Å². The number of hydrogen-bond donors (Lipinski definition) is 0. The summed E-state index contributed by atoms with van der Waals surface area (Å²) >= 11 is 3.55. The molecule has 4 rings (SSSR count). The largest absolute Gasteiger partial charge is 0.352 e. The van der Waals surface area contributed by atoms with Crippen LogP contribution in [0.5, 0.6) is 0 Å². The van der Waals surface area contributed by atoms with E-state index in [0.29, 0.717) is 5.69 Å². The molecule has 0 saturated carbocycles. The molecule has 0 fully saturated rings. The lowest BCUT2D eigenvalue weighted by Crippen LogP contribution is -2.30. The van der Waals surface area contributed by atoms with Gasteiger partial charge < -0.3 is 0 Å². The van der Waals surface area contributed by atoms with E-state index >= 15 is 0 Å². The van der Waals surface area contributed by atoms with Gasteiger partial charge in [0, 0.05) is 0 Å². The number of hydrogen-bond acceptors (Lipinski definition) is 2. The van der Waals surface area contributed by atoms with E-state index in [0.717, 1.165) is 0 Å². The Bertz CT molecular complexity index is 754. The van der Waals surface area contributed by atoms with Crippen LogP contribution in [0.15, 0.2) is 52.1 Å². The molecule has 1 aliphatic carbocycles. The second kappa shape index (κ2) is 3.60. The summed E-state index contributed by atoms with van der Waals surface area (Å²) in [5, 5.41) is 0. The van der Waals surface area contributed by atoms with Crippen molar-refractivity contribution in [2.75, 3.05) is 0 Å². The fraction of sp³-hybridized carbons (Fsp3) is 0.231. The number of fused-ring (bicyclic) bond motifs is 5. The fourth-order valence-corrected chi connectivity index (χ4v) is 3.69. The van der Waals surface area contributed by atoms with E-state index in [1.807, 2.05) is 30.4 Å². The normalized spacial score (nSPS) is 26.9. The molecule has 1 aliphatic heterocycles. The van der Waals surface area contributed by atoms with Crippen molar-refractivity contribution in [3.8, 4) is 5.69 Å². The number of benzene rings is 1. The van der Waals surface area contributed by atoms with Crippen LogP contribution >= 0.6 is 15.9 Å². The molecule has 96 valence electrons. The molecule has 1 aromatic heterocycles. The van der Waals surface area contributed by atoms with Gasteiger partial charge in [0.05, 0.1) is 22.6 Å². The van der Waals surface area contributed by atoms with Gasteiger partial charge in [0.1, 0.15) is 0 Å². The summed E-state index contributed by atoms with van der Waals surface area (Å²) < 4.78 is 4.31. The van der Waals surface area contributed by atoms with Gasteiger partial charge in [-0.2, -0.15) is 0 Å². The van der Waals surface area contributed by atoms with Crippen LogP contribution in [0.2, 0.25) is 0 Å². The summed E-state index contributed by atoms with van der Waals surface area (Å²) in [7, 11) is 0. The summed E-state index contributed by atoms with van der Waals surface area (Å²) in [6.07, 6.45) is 3.94. The summed E-state index contributed by atoms with van der Waals surface area (Å²) in [5.41, 5.74) is 0.0485. The molecule has 0 N–H and O–H groups in total. The minimum Gasteiger partial charge on any atom is -0.245 e. The lowest BCUT2D eigenvalue weighted by atomic mass is 10.2. The van der Waals surface area contributed by atoms with Crippen LogP contribution in [-0.4, -0.2) is 18.8 Å². The summed E-state index contributed by atoms with van der Waals surface area (Å²) in [5.74, 6) is 0. The molecule has 6 heteroatoms. The Morgan fingerprint density at radius 1 is 0.895 bits per heavy atom. The third-order valence-corrected chi connectivity index (χ3v) is 4.83. The molecule has 0 radical (unpaired) electrons. The number of alkyl halides is 1. The lowest BCUT2D eigenvalue weighted by molar-refractivity contribution is 0.505. The number of allylic oxidation sites excluding steroid dienone is 2. The van der Waals surface area contributed by atoms with Crippen LogP contribution in [-0.2, 0) is 0 Å². The summed E-state index contributed by atoms with van der Waals surface area (Å²) in [6.45, 7) is 0. The van der Waals surface area contributed by atoms with Gasteiger partial charge in [-0.05, 0) is 12.1 Å². The maximum absolute atomic E-state index is 12.5. The number of rotatable bonds is 1. The first-order chi connectivity index (χ1) is 9.20. The third kappa shape index (κ3) is 1.24. The molecule has 1 aromatic carbocycles. The monoisotopic (exact) mass is 319 g/mol. The summed E-state index contributed by atoms with van der Waals surface area (Å²) in [6, 6.07) is 8.87. The molecular formula is C13H10BrN3O2. The minimum absolute atomic E-state index is 0.0739. The lowest BCUT2D eigenvalue weighted by Gasteiger charge is -2.07.